The zero-order valence-corrected chi connectivity index (χ0v) is 26.6. The van der Waals surface area contributed by atoms with Crippen LogP contribution in [-0.4, -0.2) is 62.4 Å². The van der Waals surface area contributed by atoms with Crippen molar-refractivity contribution in [2.24, 2.45) is 5.73 Å². The van der Waals surface area contributed by atoms with Crippen molar-refractivity contribution in [2.75, 3.05) is 11.9 Å². The minimum absolute atomic E-state index is 0. The minimum Gasteiger partial charge on any atom is -0.374 e. The topological polar surface area (TPSA) is 132 Å². The van der Waals surface area contributed by atoms with Crippen molar-refractivity contribution in [2.45, 2.75) is 76.8 Å². The number of ether oxygens (including phenoxy) is 1. The van der Waals surface area contributed by atoms with Crippen molar-refractivity contribution in [3.05, 3.63) is 84.3 Å². The van der Waals surface area contributed by atoms with Crippen LogP contribution in [0.2, 0.25) is 0 Å². The average molecular weight is 634 g/mol. The third kappa shape index (κ3) is 9.27. The molecule has 2 heterocycles. The van der Waals surface area contributed by atoms with Gasteiger partial charge in [0.05, 0.1) is 25.1 Å². The molecular formula is C31H42Cl2N6O4. The molecule has 4 rings (SSSR count). The normalized spacial score (nSPS) is 17.7. The van der Waals surface area contributed by atoms with Crippen molar-refractivity contribution < 1.29 is 19.1 Å². The molecule has 1 aliphatic heterocycles. The molecule has 3 aromatic rings. The Bertz CT molecular complexity index is 1320. The third-order valence-electron chi connectivity index (χ3n) is 7.31. The van der Waals surface area contributed by atoms with Crippen LogP contribution in [0.1, 0.15) is 57.7 Å². The Morgan fingerprint density at radius 2 is 1.58 bits per heavy atom. The summed E-state index contributed by atoms with van der Waals surface area (Å²) >= 11 is 0. The smallest absolute Gasteiger partial charge is 0.250 e. The molecule has 43 heavy (non-hydrogen) atoms. The molecule has 1 saturated heterocycles. The van der Waals surface area contributed by atoms with E-state index in [9.17, 15) is 14.4 Å². The van der Waals surface area contributed by atoms with Gasteiger partial charge in [-0.05, 0) is 51.7 Å². The van der Waals surface area contributed by atoms with E-state index in [-0.39, 0.29) is 61.8 Å². The molecule has 10 nitrogen and oxygen atoms in total. The molecule has 1 aromatic heterocycles. The molecule has 0 bridgehead atoms. The summed E-state index contributed by atoms with van der Waals surface area (Å²) in [6, 6.07) is 17.7. The molecule has 3 amide bonds. The van der Waals surface area contributed by atoms with E-state index in [1.54, 1.807) is 30.9 Å². The number of likely N-dealkylation sites (tertiary alicyclic amines) is 1. The highest BCUT2D eigenvalue weighted by molar-refractivity contribution is 5.98. The number of carbonyl (C=O) groups excluding carboxylic acids is 3. The van der Waals surface area contributed by atoms with Gasteiger partial charge in [0.2, 0.25) is 5.91 Å². The van der Waals surface area contributed by atoms with E-state index >= 15 is 0 Å². The SMILES string of the molecule is CC1CCC(C)N1C(=O)C(c1ccccc1)n1cnc(NC(=O)[C@@H](COCc2ccccc2)NC(=O)C(C)(C)N)c1.Cl.Cl. The van der Waals surface area contributed by atoms with Gasteiger partial charge in [-0.25, -0.2) is 4.98 Å². The first kappa shape index (κ1) is 35.8. The van der Waals surface area contributed by atoms with Crippen molar-refractivity contribution in [3.8, 4) is 0 Å². The van der Waals surface area contributed by atoms with Gasteiger partial charge in [-0.1, -0.05) is 60.7 Å². The van der Waals surface area contributed by atoms with E-state index in [1.165, 1.54) is 0 Å². The summed E-state index contributed by atoms with van der Waals surface area (Å²) in [4.78, 5) is 46.1. The molecule has 0 saturated carbocycles. The standard InChI is InChI=1S/C31H40N6O4.2ClH/c1-21-15-16-22(2)37(21)29(39)27(24-13-9-6-10-14-24)36-17-26(33-20-36)35-28(38)25(34-30(40)31(3,4)32)19-41-18-23-11-7-5-8-12-23;;/h5-14,17,20-22,25,27H,15-16,18-19,32H2,1-4H3,(H,34,40)(H,35,38);2*1H/t21?,22?,25-,27?;;/m1../s1. The number of hydrogen-bond donors (Lipinski definition) is 3. The van der Waals surface area contributed by atoms with Crippen molar-refractivity contribution in [1.29, 1.82) is 0 Å². The fraction of sp³-hybridized carbons (Fsp3) is 0.419. The van der Waals surface area contributed by atoms with Gasteiger partial charge in [0.15, 0.2) is 5.82 Å². The molecule has 0 spiro atoms. The zero-order valence-electron chi connectivity index (χ0n) is 24.9. The number of anilines is 1. The lowest BCUT2D eigenvalue weighted by atomic mass is 10.0. The molecule has 1 fully saturated rings. The van der Waals surface area contributed by atoms with Crippen molar-refractivity contribution >= 4 is 48.4 Å². The van der Waals surface area contributed by atoms with E-state index in [0.29, 0.717) is 0 Å². The second-order valence-electron chi connectivity index (χ2n) is 11.3. The first-order valence-corrected chi connectivity index (χ1v) is 14.0. The van der Waals surface area contributed by atoms with Crippen molar-refractivity contribution in [1.82, 2.24) is 19.8 Å². The number of rotatable bonds is 11. The van der Waals surface area contributed by atoms with Gasteiger partial charge in [-0.2, -0.15) is 0 Å². The Labute approximate surface area is 265 Å². The van der Waals surface area contributed by atoms with Crippen LogP contribution in [0.5, 0.6) is 0 Å². The number of nitrogens with two attached hydrogens (primary N) is 1. The summed E-state index contributed by atoms with van der Waals surface area (Å²) in [6.45, 7) is 7.47. The monoisotopic (exact) mass is 632 g/mol. The highest BCUT2D eigenvalue weighted by atomic mass is 35.5. The summed E-state index contributed by atoms with van der Waals surface area (Å²) in [7, 11) is 0. The predicted molar refractivity (Wildman–Crippen MR) is 171 cm³/mol. The summed E-state index contributed by atoms with van der Waals surface area (Å²) in [5, 5.41) is 5.46. The summed E-state index contributed by atoms with van der Waals surface area (Å²) < 4.78 is 7.49. The molecule has 12 heteroatoms. The van der Waals surface area contributed by atoms with Crippen LogP contribution >= 0.6 is 24.8 Å². The van der Waals surface area contributed by atoms with E-state index < -0.39 is 29.4 Å². The lowest BCUT2D eigenvalue weighted by Gasteiger charge is -2.31. The summed E-state index contributed by atoms with van der Waals surface area (Å²) in [5.74, 6) is -0.769. The molecular weight excluding hydrogens is 591 g/mol. The molecule has 3 unspecified atom stereocenters. The minimum atomic E-state index is -1.19. The molecule has 4 N–H and O–H groups in total. The number of hydrogen-bond acceptors (Lipinski definition) is 6. The third-order valence-corrected chi connectivity index (χ3v) is 7.31. The Morgan fingerprint density at radius 1 is 1.00 bits per heavy atom. The average Bonchev–Trinajstić information content (AvgIpc) is 3.53. The van der Waals surface area contributed by atoms with Gasteiger partial charge >= 0.3 is 0 Å². The van der Waals surface area contributed by atoms with E-state index in [0.717, 1.165) is 24.0 Å². The molecule has 0 radical (unpaired) electrons. The number of aromatic nitrogens is 2. The number of nitrogens with zero attached hydrogens (tertiary/aromatic N) is 3. The predicted octanol–water partition coefficient (Wildman–Crippen LogP) is 4.09. The fourth-order valence-electron chi connectivity index (χ4n) is 5.00. The van der Waals surface area contributed by atoms with E-state index in [4.69, 9.17) is 10.5 Å². The van der Waals surface area contributed by atoms with Crippen LogP contribution in [0, 0.1) is 0 Å². The number of nitrogens with one attached hydrogen (secondary N) is 2. The van der Waals surface area contributed by atoms with Crippen LogP contribution in [0.15, 0.2) is 73.2 Å². The maximum absolute atomic E-state index is 13.9. The largest absolute Gasteiger partial charge is 0.374 e. The Hall–Kier alpha value is -3.44. The van der Waals surface area contributed by atoms with E-state index in [2.05, 4.69) is 29.5 Å². The van der Waals surface area contributed by atoms with Crippen molar-refractivity contribution in [3.63, 3.8) is 0 Å². The number of carbonyl (C=O) groups is 3. The summed E-state index contributed by atoms with van der Waals surface area (Å²) in [5.41, 5.74) is 6.53. The maximum Gasteiger partial charge on any atom is 0.250 e. The van der Waals surface area contributed by atoms with Crippen LogP contribution in [0.4, 0.5) is 5.82 Å². The number of halogens is 2. The highest BCUT2D eigenvalue weighted by Gasteiger charge is 2.37. The van der Waals surface area contributed by atoms with Gasteiger partial charge in [0.1, 0.15) is 12.1 Å². The lowest BCUT2D eigenvalue weighted by Crippen LogP contribution is -2.56. The highest BCUT2D eigenvalue weighted by Crippen LogP contribution is 2.30. The van der Waals surface area contributed by atoms with Crippen LogP contribution < -0.4 is 16.4 Å². The molecule has 0 aliphatic carbocycles. The second kappa shape index (κ2) is 15.9. The van der Waals surface area contributed by atoms with Gasteiger partial charge in [0, 0.05) is 18.3 Å². The van der Waals surface area contributed by atoms with Crippen LogP contribution in [0.3, 0.4) is 0 Å². The molecule has 234 valence electrons. The number of imidazole rings is 1. The summed E-state index contributed by atoms with van der Waals surface area (Å²) in [6.07, 6.45) is 5.09. The Morgan fingerprint density at radius 3 is 2.16 bits per heavy atom. The van der Waals surface area contributed by atoms with Gasteiger partial charge in [-0.15, -0.1) is 24.8 Å². The zero-order chi connectivity index (χ0) is 29.6. The molecule has 4 atom stereocenters. The van der Waals surface area contributed by atoms with Crippen LogP contribution in [-0.2, 0) is 25.7 Å². The first-order valence-electron chi connectivity index (χ1n) is 14.0. The fourth-order valence-corrected chi connectivity index (χ4v) is 5.00. The van der Waals surface area contributed by atoms with E-state index in [1.807, 2.05) is 65.6 Å². The maximum atomic E-state index is 13.9. The van der Waals surface area contributed by atoms with Crippen LogP contribution in [0.25, 0.3) is 0 Å². The second-order valence-corrected chi connectivity index (χ2v) is 11.3. The lowest BCUT2D eigenvalue weighted by molar-refractivity contribution is -0.136. The number of benzene rings is 2. The Balaban J connectivity index is 0.00000323. The Kier molecular flexibility index (Phi) is 13.2. The number of amides is 3. The molecule has 1 aliphatic rings. The molecule has 2 aromatic carbocycles. The van der Waals surface area contributed by atoms with Gasteiger partial charge in [-0.3, -0.25) is 14.4 Å². The first-order chi connectivity index (χ1) is 19.5. The quantitative estimate of drug-likeness (QED) is 0.292. The van der Waals surface area contributed by atoms with Gasteiger partial charge < -0.3 is 30.6 Å². The van der Waals surface area contributed by atoms with Gasteiger partial charge in [0.25, 0.3) is 11.8 Å².